The normalized spacial score (nSPS) is 18.2. The van der Waals surface area contributed by atoms with Crippen molar-refractivity contribution in [1.29, 1.82) is 0 Å². The molecule has 2 aliphatic heterocycles. The zero-order chi connectivity index (χ0) is 22.2. The Bertz CT molecular complexity index is 1180. The number of aromatic nitrogens is 3. The number of rotatable bonds is 4. The number of carbonyl (C=O) groups is 2. The summed E-state index contributed by atoms with van der Waals surface area (Å²) in [5, 5.41) is 0. The summed E-state index contributed by atoms with van der Waals surface area (Å²) in [6, 6.07) is 9.99. The van der Waals surface area contributed by atoms with Gasteiger partial charge in [0.2, 0.25) is 5.91 Å². The lowest BCUT2D eigenvalue weighted by molar-refractivity contribution is -0.119. The SMILES string of the molecule is Cc1ncsc1C(=O)N1CCC(c2nc(C)c3c(n2)N(Cc2ccccc2)C(=O)CC3)C1. The molecule has 5 rings (SSSR count). The number of benzene rings is 1. The molecule has 3 aromatic rings. The second-order valence-electron chi connectivity index (χ2n) is 8.44. The van der Waals surface area contributed by atoms with Gasteiger partial charge in [-0.2, -0.15) is 0 Å². The lowest BCUT2D eigenvalue weighted by Gasteiger charge is -2.30. The van der Waals surface area contributed by atoms with Gasteiger partial charge < -0.3 is 4.90 Å². The molecule has 7 nitrogen and oxygen atoms in total. The van der Waals surface area contributed by atoms with Gasteiger partial charge in [0.15, 0.2) is 0 Å². The van der Waals surface area contributed by atoms with E-state index in [4.69, 9.17) is 9.97 Å². The smallest absolute Gasteiger partial charge is 0.265 e. The predicted octanol–water partition coefficient (Wildman–Crippen LogP) is 3.66. The molecule has 1 aromatic carbocycles. The van der Waals surface area contributed by atoms with Crippen molar-refractivity contribution in [2.24, 2.45) is 0 Å². The third kappa shape index (κ3) is 3.79. The van der Waals surface area contributed by atoms with Crippen LogP contribution in [0.3, 0.4) is 0 Å². The number of fused-ring (bicyclic) bond motifs is 1. The number of hydrogen-bond acceptors (Lipinski definition) is 6. The number of likely N-dealkylation sites (tertiary alicyclic amines) is 1. The summed E-state index contributed by atoms with van der Waals surface area (Å²) >= 11 is 1.39. The molecule has 164 valence electrons. The second kappa shape index (κ2) is 8.43. The molecule has 0 radical (unpaired) electrons. The van der Waals surface area contributed by atoms with Gasteiger partial charge >= 0.3 is 0 Å². The fraction of sp³-hybridized carbons (Fsp3) is 0.375. The zero-order valence-corrected chi connectivity index (χ0v) is 19.1. The van der Waals surface area contributed by atoms with Gasteiger partial charge in [-0.1, -0.05) is 30.3 Å². The lowest BCUT2D eigenvalue weighted by atomic mass is 10.0. The molecule has 8 heteroatoms. The summed E-state index contributed by atoms with van der Waals surface area (Å²) in [5.74, 6) is 1.64. The summed E-state index contributed by atoms with van der Waals surface area (Å²) in [7, 11) is 0. The van der Waals surface area contributed by atoms with E-state index in [1.54, 1.807) is 10.4 Å². The van der Waals surface area contributed by atoms with Crippen LogP contribution in [0.25, 0.3) is 0 Å². The molecule has 0 bridgehead atoms. The average Bonchev–Trinajstić information content (AvgIpc) is 3.45. The maximum absolute atomic E-state index is 12.9. The summed E-state index contributed by atoms with van der Waals surface area (Å²) < 4.78 is 0. The highest BCUT2D eigenvalue weighted by molar-refractivity contribution is 7.11. The van der Waals surface area contributed by atoms with Crippen molar-refractivity contribution in [3.63, 3.8) is 0 Å². The zero-order valence-electron chi connectivity index (χ0n) is 18.2. The molecular weight excluding hydrogens is 422 g/mol. The molecule has 4 heterocycles. The van der Waals surface area contributed by atoms with E-state index in [2.05, 4.69) is 4.98 Å². The molecule has 32 heavy (non-hydrogen) atoms. The van der Waals surface area contributed by atoms with Gasteiger partial charge in [-0.25, -0.2) is 15.0 Å². The molecular formula is C24H25N5O2S. The Balaban J connectivity index is 1.42. The number of carbonyl (C=O) groups excluding carboxylic acids is 2. The Kier molecular flexibility index (Phi) is 5.46. The minimum absolute atomic E-state index is 0.0306. The molecule has 2 aliphatic rings. The minimum atomic E-state index is 0.0306. The summed E-state index contributed by atoms with van der Waals surface area (Å²) in [4.78, 5) is 44.0. The molecule has 0 spiro atoms. The Hall–Kier alpha value is -3.13. The van der Waals surface area contributed by atoms with Gasteiger partial charge in [-0.05, 0) is 32.3 Å². The molecule has 2 amide bonds. The Morgan fingerprint density at radius 2 is 1.94 bits per heavy atom. The van der Waals surface area contributed by atoms with Gasteiger partial charge in [-0.3, -0.25) is 14.5 Å². The van der Waals surface area contributed by atoms with E-state index in [-0.39, 0.29) is 17.7 Å². The van der Waals surface area contributed by atoms with Crippen molar-refractivity contribution < 1.29 is 9.59 Å². The standard InChI is InChI=1S/C24H25N5O2S/c1-15-19-8-9-20(30)29(12-17-6-4-3-5-7-17)23(19)27-22(26-15)18-10-11-28(13-18)24(31)21-16(2)25-14-32-21/h3-7,14,18H,8-13H2,1-2H3. The summed E-state index contributed by atoms with van der Waals surface area (Å²) in [6.45, 7) is 5.63. The van der Waals surface area contributed by atoms with Crippen LogP contribution < -0.4 is 4.90 Å². The summed E-state index contributed by atoms with van der Waals surface area (Å²) in [5.41, 5.74) is 5.54. The fourth-order valence-corrected chi connectivity index (χ4v) is 5.29. The van der Waals surface area contributed by atoms with E-state index in [1.165, 1.54) is 11.3 Å². The predicted molar refractivity (Wildman–Crippen MR) is 123 cm³/mol. The van der Waals surface area contributed by atoms with Crippen LogP contribution >= 0.6 is 11.3 Å². The first kappa shape index (κ1) is 20.8. The van der Waals surface area contributed by atoms with Crippen molar-refractivity contribution >= 4 is 29.0 Å². The van der Waals surface area contributed by atoms with Gasteiger partial charge in [0.05, 0.1) is 17.7 Å². The molecule has 1 fully saturated rings. The number of anilines is 1. The fourth-order valence-electron chi connectivity index (χ4n) is 4.52. The molecule has 1 atom stereocenters. The van der Waals surface area contributed by atoms with Gasteiger partial charge in [0, 0.05) is 36.7 Å². The molecule has 2 aromatic heterocycles. The van der Waals surface area contributed by atoms with E-state index < -0.39 is 0 Å². The maximum Gasteiger partial charge on any atom is 0.265 e. The van der Waals surface area contributed by atoms with Crippen molar-refractivity contribution in [3.05, 3.63) is 69.1 Å². The molecule has 0 saturated carbocycles. The topological polar surface area (TPSA) is 79.3 Å². The first-order valence-corrected chi connectivity index (χ1v) is 11.8. The van der Waals surface area contributed by atoms with Crippen LogP contribution in [0, 0.1) is 13.8 Å². The highest BCUT2D eigenvalue weighted by Crippen LogP contribution is 2.33. The Labute approximate surface area is 191 Å². The Morgan fingerprint density at radius 1 is 1.12 bits per heavy atom. The van der Waals surface area contributed by atoms with E-state index in [9.17, 15) is 9.59 Å². The lowest BCUT2D eigenvalue weighted by Crippen LogP contribution is -2.36. The highest BCUT2D eigenvalue weighted by atomic mass is 32.1. The van der Waals surface area contributed by atoms with Crippen LogP contribution in [0.15, 0.2) is 35.8 Å². The molecule has 0 N–H and O–H groups in total. The number of thiazole rings is 1. The van der Waals surface area contributed by atoms with Crippen LogP contribution in [0.4, 0.5) is 5.82 Å². The van der Waals surface area contributed by atoms with E-state index in [0.717, 1.165) is 40.6 Å². The average molecular weight is 448 g/mol. The third-order valence-corrected chi connectivity index (χ3v) is 7.24. The molecule has 1 unspecified atom stereocenters. The van der Waals surface area contributed by atoms with E-state index in [1.807, 2.05) is 49.1 Å². The highest BCUT2D eigenvalue weighted by Gasteiger charge is 2.34. The van der Waals surface area contributed by atoms with Crippen LogP contribution in [0.1, 0.15) is 56.8 Å². The molecule has 1 saturated heterocycles. The van der Waals surface area contributed by atoms with Crippen LogP contribution in [0.5, 0.6) is 0 Å². The van der Waals surface area contributed by atoms with Gasteiger partial charge in [0.1, 0.15) is 16.5 Å². The van der Waals surface area contributed by atoms with Crippen molar-refractivity contribution in [1.82, 2.24) is 19.9 Å². The Morgan fingerprint density at radius 3 is 2.69 bits per heavy atom. The van der Waals surface area contributed by atoms with E-state index in [0.29, 0.717) is 37.4 Å². The second-order valence-corrected chi connectivity index (χ2v) is 9.29. The third-order valence-electron chi connectivity index (χ3n) is 6.32. The van der Waals surface area contributed by atoms with Crippen LogP contribution in [-0.4, -0.2) is 44.8 Å². The largest absolute Gasteiger partial charge is 0.337 e. The maximum atomic E-state index is 12.9. The first-order chi connectivity index (χ1) is 15.5. The number of aryl methyl sites for hydroxylation is 2. The number of nitrogens with zero attached hydrogens (tertiary/aromatic N) is 5. The van der Waals surface area contributed by atoms with Crippen molar-refractivity contribution in [2.45, 2.75) is 45.6 Å². The quantitative estimate of drug-likeness (QED) is 0.610. The van der Waals surface area contributed by atoms with Gasteiger partial charge in [0.25, 0.3) is 5.91 Å². The van der Waals surface area contributed by atoms with Crippen molar-refractivity contribution in [3.8, 4) is 0 Å². The van der Waals surface area contributed by atoms with Crippen LogP contribution in [0.2, 0.25) is 0 Å². The summed E-state index contributed by atoms with van der Waals surface area (Å²) in [6.07, 6.45) is 1.96. The first-order valence-electron chi connectivity index (χ1n) is 10.9. The monoisotopic (exact) mass is 447 g/mol. The minimum Gasteiger partial charge on any atom is -0.337 e. The van der Waals surface area contributed by atoms with Gasteiger partial charge in [-0.15, -0.1) is 11.3 Å². The number of hydrogen-bond donors (Lipinski definition) is 0. The number of amides is 2. The van der Waals surface area contributed by atoms with Crippen LogP contribution in [-0.2, 0) is 17.8 Å². The van der Waals surface area contributed by atoms with E-state index >= 15 is 0 Å². The molecule has 0 aliphatic carbocycles. The van der Waals surface area contributed by atoms with Crippen molar-refractivity contribution in [2.75, 3.05) is 18.0 Å².